The lowest BCUT2D eigenvalue weighted by atomic mass is 10.0. The van der Waals surface area contributed by atoms with Gasteiger partial charge in [0.2, 0.25) is 5.90 Å². The summed E-state index contributed by atoms with van der Waals surface area (Å²) in [7, 11) is 0. The molecule has 1 amide bonds. The molecule has 1 aliphatic carbocycles. The minimum Gasteiger partial charge on any atom is -0.475 e. The van der Waals surface area contributed by atoms with Crippen molar-refractivity contribution in [1.82, 2.24) is 4.98 Å². The SMILES string of the molecule is CC1=CC(C)(C)N(c2nc(N/C=C\C(=N)OC3CC3)ccc2C(N)=O)C1. The minimum absolute atomic E-state index is 0.120. The van der Waals surface area contributed by atoms with Crippen LogP contribution in [0, 0.1) is 5.41 Å². The standard InChI is InChI=1S/C19H25N5O2/c1-12-10-19(2,3)24(11-12)18-14(17(21)25)6-7-16(23-18)22-9-8-15(20)26-13-4-5-13/h6-10,13,20H,4-5,11H2,1-3H3,(H2,21,25)(H,22,23)/b9-8-,20-15?. The van der Waals surface area contributed by atoms with Gasteiger partial charge in [-0.2, -0.15) is 0 Å². The molecule has 0 spiro atoms. The highest BCUT2D eigenvalue weighted by molar-refractivity contribution is 5.98. The van der Waals surface area contributed by atoms with Crippen LogP contribution in [0.5, 0.6) is 0 Å². The maximum atomic E-state index is 11.9. The monoisotopic (exact) mass is 355 g/mol. The van der Waals surface area contributed by atoms with Gasteiger partial charge >= 0.3 is 0 Å². The third-order valence-corrected chi connectivity index (χ3v) is 4.38. The highest BCUT2D eigenvalue weighted by atomic mass is 16.5. The normalized spacial score (nSPS) is 18.7. The highest BCUT2D eigenvalue weighted by Gasteiger charge is 2.33. The summed E-state index contributed by atoms with van der Waals surface area (Å²) in [5.74, 6) is 0.739. The summed E-state index contributed by atoms with van der Waals surface area (Å²) in [5, 5.41) is 10.8. The molecule has 26 heavy (non-hydrogen) atoms. The van der Waals surface area contributed by atoms with Gasteiger partial charge in [-0.15, -0.1) is 0 Å². The summed E-state index contributed by atoms with van der Waals surface area (Å²) in [5.41, 5.74) is 6.90. The number of anilines is 2. The van der Waals surface area contributed by atoms with Crippen LogP contribution < -0.4 is 16.0 Å². The van der Waals surface area contributed by atoms with Crippen molar-refractivity contribution in [3.8, 4) is 0 Å². The smallest absolute Gasteiger partial charge is 0.252 e. The molecule has 1 aliphatic heterocycles. The Morgan fingerprint density at radius 2 is 2.19 bits per heavy atom. The fourth-order valence-electron chi connectivity index (χ4n) is 3.06. The molecule has 0 radical (unpaired) electrons. The molecule has 4 N–H and O–H groups in total. The Bertz CT molecular complexity index is 793. The number of primary amides is 1. The van der Waals surface area contributed by atoms with Crippen molar-refractivity contribution >= 4 is 23.4 Å². The van der Waals surface area contributed by atoms with Gasteiger partial charge in [0.15, 0.2) is 0 Å². The predicted octanol–water partition coefficient (Wildman–Crippen LogP) is 2.81. The van der Waals surface area contributed by atoms with Crippen molar-refractivity contribution in [1.29, 1.82) is 5.41 Å². The number of amides is 1. The molecule has 0 bridgehead atoms. The Kier molecular flexibility index (Phi) is 4.71. The third-order valence-electron chi connectivity index (χ3n) is 4.38. The quantitative estimate of drug-likeness (QED) is 0.413. The number of nitrogens with zero attached hydrogens (tertiary/aromatic N) is 2. The lowest BCUT2D eigenvalue weighted by Crippen LogP contribution is -2.40. The number of carbonyl (C=O) groups excluding carboxylic acids is 1. The topological polar surface area (TPSA) is 104 Å². The fourth-order valence-corrected chi connectivity index (χ4v) is 3.06. The molecule has 2 heterocycles. The van der Waals surface area contributed by atoms with Crippen molar-refractivity contribution in [3.63, 3.8) is 0 Å². The molecule has 0 atom stereocenters. The summed E-state index contributed by atoms with van der Waals surface area (Å²) < 4.78 is 5.35. The molecule has 2 aliphatic rings. The zero-order chi connectivity index (χ0) is 18.9. The van der Waals surface area contributed by atoms with Gasteiger partial charge in [0, 0.05) is 18.8 Å². The third kappa shape index (κ3) is 4.04. The molecule has 1 aromatic rings. The second-order valence-electron chi connectivity index (χ2n) is 7.32. The second-order valence-corrected chi connectivity index (χ2v) is 7.32. The average molecular weight is 355 g/mol. The van der Waals surface area contributed by atoms with Gasteiger partial charge in [0.05, 0.1) is 11.1 Å². The number of nitrogens with two attached hydrogens (primary N) is 1. The minimum atomic E-state index is -0.505. The van der Waals surface area contributed by atoms with Crippen LogP contribution in [0.25, 0.3) is 0 Å². The van der Waals surface area contributed by atoms with E-state index in [1.165, 1.54) is 5.57 Å². The largest absolute Gasteiger partial charge is 0.475 e. The number of hydrogen-bond donors (Lipinski definition) is 3. The second kappa shape index (κ2) is 6.82. The Balaban J connectivity index is 1.79. The summed E-state index contributed by atoms with van der Waals surface area (Å²) in [4.78, 5) is 18.5. The van der Waals surface area contributed by atoms with Gasteiger partial charge in [-0.25, -0.2) is 4.98 Å². The Labute approximate surface area is 153 Å². The van der Waals surface area contributed by atoms with Crippen LogP contribution in [0.2, 0.25) is 0 Å². The zero-order valence-electron chi connectivity index (χ0n) is 15.4. The number of ether oxygens (including phenoxy) is 1. The van der Waals surface area contributed by atoms with Crippen LogP contribution in [0.1, 0.15) is 44.0 Å². The van der Waals surface area contributed by atoms with Crippen molar-refractivity contribution in [2.75, 3.05) is 16.8 Å². The molecular formula is C19H25N5O2. The van der Waals surface area contributed by atoms with Gasteiger partial charge in [0.1, 0.15) is 17.7 Å². The van der Waals surface area contributed by atoms with E-state index in [0.29, 0.717) is 23.7 Å². The number of hydrogen-bond acceptors (Lipinski definition) is 6. The van der Waals surface area contributed by atoms with Crippen LogP contribution >= 0.6 is 0 Å². The van der Waals surface area contributed by atoms with Gasteiger partial charge in [-0.1, -0.05) is 11.6 Å². The van der Waals surface area contributed by atoms with E-state index in [-0.39, 0.29) is 17.5 Å². The van der Waals surface area contributed by atoms with Crippen LogP contribution in [0.15, 0.2) is 36.1 Å². The fraction of sp³-hybridized carbons (Fsp3) is 0.421. The number of aromatic nitrogens is 1. The number of rotatable bonds is 6. The molecule has 0 saturated heterocycles. The summed E-state index contributed by atoms with van der Waals surface area (Å²) in [6, 6.07) is 3.37. The molecule has 1 saturated carbocycles. The van der Waals surface area contributed by atoms with E-state index in [4.69, 9.17) is 15.9 Å². The van der Waals surface area contributed by atoms with Crippen molar-refractivity contribution < 1.29 is 9.53 Å². The maximum Gasteiger partial charge on any atom is 0.252 e. The Hall–Kier alpha value is -2.83. The van der Waals surface area contributed by atoms with E-state index in [9.17, 15) is 4.79 Å². The Morgan fingerprint density at radius 3 is 2.77 bits per heavy atom. The molecule has 138 valence electrons. The first-order valence-electron chi connectivity index (χ1n) is 8.71. The van der Waals surface area contributed by atoms with E-state index in [2.05, 4.69) is 42.0 Å². The summed E-state index contributed by atoms with van der Waals surface area (Å²) in [6.07, 6.45) is 7.55. The first-order valence-corrected chi connectivity index (χ1v) is 8.71. The summed E-state index contributed by atoms with van der Waals surface area (Å²) in [6.45, 7) is 6.90. The predicted molar refractivity (Wildman–Crippen MR) is 103 cm³/mol. The van der Waals surface area contributed by atoms with E-state index in [1.807, 2.05) is 0 Å². The van der Waals surface area contributed by atoms with Crippen molar-refractivity contribution in [2.45, 2.75) is 45.3 Å². The van der Waals surface area contributed by atoms with Gasteiger partial charge in [0.25, 0.3) is 5.91 Å². The van der Waals surface area contributed by atoms with E-state index in [0.717, 1.165) is 12.8 Å². The molecular weight excluding hydrogens is 330 g/mol. The molecule has 3 rings (SSSR count). The first-order chi connectivity index (χ1) is 12.3. The number of carbonyl (C=O) groups is 1. The highest BCUT2D eigenvalue weighted by Crippen LogP contribution is 2.33. The molecule has 0 aromatic carbocycles. The van der Waals surface area contributed by atoms with Crippen molar-refractivity contribution in [2.24, 2.45) is 5.73 Å². The molecule has 0 unspecified atom stereocenters. The van der Waals surface area contributed by atoms with Crippen LogP contribution in [-0.2, 0) is 4.74 Å². The number of pyridine rings is 1. The lowest BCUT2D eigenvalue weighted by Gasteiger charge is -2.33. The van der Waals surface area contributed by atoms with Crippen LogP contribution in [0.3, 0.4) is 0 Å². The van der Waals surface area contributed by atoms with Crippen molar-refractivity contribution in [3.05, 3.63) is 41.6 Å². The van der Waals surface area contributed by atoms with E-state index in [1.54, 1.807) is 24.4 Å². The van der Waals surface area contributed by atoms with E-state index < -0.39 is 5.91 Å². The Morgan fingerprint density at radius 1 is 1.46 bits per heavy atom. The van der Waals surface area contributed by atoms with Gasteiger partial charge in [-0.3, -0.25) is 10.2 Å². The molecule has 1 fully saturated rings. The van der Waals surface area contributed by atoms with Crippen LogP contribution in [0.4, 0.5) is 11.6 Å². The lowest BCUT2D eigenvalue weighted by molar-refractivity contribution is 0.100. The van der Waals surface area contributed by atoms with Gasteiger partial charge < -0.3 is 20.7 Å². The molecule has 7 heteroatoms. The van der Waals surface area contributed by atoms with E-state index >= 15 is 0 Å². The van der Waals surface area contributed by atoms with Gasteiger partial charge in [-0.05, 0) is 45.7 Å². The molecule has 7 nitrogen and oxygen atoms in total. The maximum absolute atomic E-state index is 11.9. The molecule has 1 aromatic heterocycles. The average Bonchev–Trinajstić information content (AvgIpc) is 3.30. The van der Waals surface area contributed by atoms with Crippen LogP contribution in [-0.4, -0.2) is 35.0 Å². The zero-order valence-corrected chi connectivity index (χ0v) is 15.4. The number of nitrogens with one attached hydrogen (secondary N) is 2. The first kappa shape index (κ1) is 18.0. The summed E-state index contributed by atoms with van der Waals surface area (Å²) >= 11 is 0.